The van der Waals surface area contributed by atoms with Gasteiger partial charge < -0.3 is 14.5 Å². The van der Waals surface area contributed by atoms with E-state index in [1.54, 1.807) is 12.1 Å². The molecule has 2 saturated heterocycles. The van der Waals surface area contributed by atoms with Crippen LogP contribution in [0.5, 0.6) is 5.75 Å². The lowest BCUT2D eigenvalue weighted by atomic mass is 9.84. The van der Waals surface area contributed by atoms with E-state index in [9.17, 15) is 22.4 Å². The Bertz CT molecular complexity index is 1010. The van der Waals surface area contributed by atoms with E-state index in [-0.39, 0.29) is 24.0 Å². The summed E-state index contributed by atoms with van der Waals surface area (Å²) >= 11 is 0. The molecule has 0 bridgehead atoms. The zero-order chi connectivity index (χ0) is 23.6. The van der Waals surface area contributed by atoms with Gasteiger partial charge >= 0.3 is 6.03 Å². The van der Waals surface area contributed by atoms with Gasteiger partial charge in [0.1, 0.15) is 6.54 Å². The van der Waals surface area contributed by atoms with E-state index in [1.807, 2.05) is 11.9 Å². The molecule has 0 unspecified atom stereocenters. The van der Waals surface area contributed by atoms with E-state index >= 15 is 0 Å². The number of unbranched alkanes of at least 4 members (excludes halogenated alkanes) is 2. The first-order valence-electron chi connectivity index (χ1n) is 11.4. The van der Waals surface area contributed by atoms with Gasteiger partial charge in [0, 0.05) is 19.6 Å². The van der Waals surface area contributed by atoms with Crippen molar-refractivity contribution in [3.63, 3.8) is 0 Å². The van der Waals surface area contributed by atoms with Crippen LogP contribution in [-0.2, 0) is 20.4 Å². The smallest absolute Gasteiger partial charge is 0.324 e. The number of likely N-dealkylation sites (N-methyl/N-ethyl adjacent to an activating group) is 1. The van der Waals surface area contributed by atoms with Gasteiger partial charge in [0.05, 0.1) is 17.9 Å². The molecule has 1 saturated carbocycles. The van der Waals surface area contributed by atoms with Crippen molar-refractivity contribution >= 4 is 22.0 Å². The standard InChI is InChI=1S/C22H31FN4O5S/c1-26-14-22(15-26,17-7-8-18(23)19(11-17)32-13-16-5-6-16)25-33(30,31)10-4-2-3-9-27-12-20(28)24-21(27)29/h7-8,11,16,25H,2-6,9-10,12-15H2,1H3,(H,24,28,29). The molecule has 9 nitrogen and oxygen atoms in total. The molecule has 0 radical (unpaired) electrons. The number of ether oxygens (including phenoxy) is 1. The van der Waals surface area contributed by atoms with Gasteiger partial charge in [0.25, 0.3) is 0 Å². The SMILES string of the molecule is CN1CC(NS(=O)(=O)CCCCCN2CC(=O)NC2=O)(c2ccc(F)c(OCC3CC3)c2)C1. The minimum atomic E-state index is -3.59. The molecule has 1 aliphatic carbocycles. The molecular formula is C22H31FN4O5S. The highest BCUT2D eigenvalue weighted by Gasteiger charge is 2.45. The summed E-state index contributed by atoms with van der Waals surface area (Å²) in [6, 6.07) is 4.18. The second-order valence-corrected chi connectivity index (χ2v) is 11.3. The summed E-state index contributed by atoms with van der Waals surface area (Å²) in [5, 5.41) is 2.22. The number of imide groups is 1. The van der Waals surface area contributed by atoms with Crippen molar-refractivity contribution in [3.05, 3.63) is 29.6 Å². The summed E-state index contributed by atoms with van der Waals surface area (Å²) in [5.74, 6) is -0.161. The third kappa shape index (κ3) is 6.01. The van der Waals surface area contributed by atoms with Crippen molar-refractivity contribution in [3.8, 4) is 5.75 Å². The molecule has 2 N–H and O–H groups in total. The highest BCUT2D eigenvalue weighted by molar-refractivity contribution is 7.89. The number of hydrogen-bond acceptors (Lipinski definition) is 6. The summed E-state index contributed by atoms with van der Waals surface area (Å²) in [6.07, 6.45) is 3.85. The van der Waals surface area contributed by atoms with Crippen LogP contribution in [0.3, 0.4) is 0 Å². The van der Waals surface area contributed by atoms with E-state index in [4.69, 9.17) is 4.74 Å². The van der Waals surface area contributed by atoms with Crippen molar-refractivity contribution in [1.82, 2.24) is 19.8 Å². The van der Waals surface area contributed by atoms with Crippen molar-refractivity contribution in [2.24, 2.45) is 5.92 Å². The Morgan fingerprint density at radius 3 is 2.61 bits per heavy atom. The van der Waals surface area contributed by atoms with Gasteiger partial charge in [0.2, 0.25) is 15.9 Å². The topological polar surface area (TPSA) is 108 Å². The van der Waals surface area contributed by atoms with E-state index in [0.717, 1.165) is 12.8 Å². The van der Waals surface area contributed by atoms with Gasteiger partial charge in [-0.2, -0.15) is 0 Å². The van der Waals surface area contributed by atoms with Crippen LogP contribution in [0.4, 0.5) is 9.18 Å². The Labute approximate surface area is 193 Å². The van der Waals surface area contributed by atoms with Crippen LogP contribution in [0.2, 0.25) is 0 Å². The number of carbonyl (C=O) groups excluding carboxylic acids is 2. The number of urea groups is 1. The first kappa shape index (κ1) is 23.9. The summed E-state index contributed by atoms with van der Waals surface area (Å²) in [4.78, 5) is 26.2. The molecule has 1 aromatic rings. The number of nitrogens with zero attached hydrogens (tertiary/aromatic N) is 2. The molecule has 2 heterocycles. The molecular weight excluding hydrogens is 451 g/mol. The highest BCUT2D eigenvalue weighted by atomic mass is 32.2. The zero-order valence-corrected chi connectivity index (χ0v) is 19.6. The van der Waals surface area contributed by atoms with Crippen LogP contribution in [0.1, 0.15) is 37.7 Å². The minimum absolute atomic E-state index is 0.0458. The average Bonchev–Trinajstić information content (AvgIpc) is 3.49. The van der Waals surface area contributed by atoms with Crippen LogP contribution in [-0.4, -0.2) is 75.7 Å². The predicted octanol–water partition coefficient (Wildman–Crippen LogP) is 1.40. The zero-order valence-electron chi connectivity index (χ0n) is 18.8. The maximum Gasteiger partial charge on any atom is 0.324 e. The fourth-order valence-electron chi connectivity index (χ4n) is 4.37. The maximum absolute atomic E-state index is 14.2. The van der Waals surface area contributed by atoms with Gasteiger partial charge in [-0.05, 0) is 56.3 Å². The number of halogens is 1. The summed E-state index contributed by atoms with van der Waals surface area (Å²) in [7, 11) is -1.69. The Balaban J connectivity index is 1.32. The number of sulfonamides is 1. The molecule has 11 heteroatoms. The predicted molar refractivity (Wildman–Crippen MR) is 120 cm³/mol. The molecule has 3 fully saturated rings. The number of hydrogen-bond donors (Lipinski definition) is 2. The second kappa shape index (κ2) is 9.55. The Hall–Kier alpha value is -2.24. The number of rotatable bonds is 12. The fraction of sp³-hybridized carbons (Fsp3) is 0.636. The number of amides is 3. The first-order chi connectivity index (χ1) is 15.7. The van der Waals surface area contributed by atoms with Gasteiger partial charge in [0.15, 0.2) is 11.6 Å². The van der Waals surface area contributed by atoms with Crippen LogP contribution in [0, 0.1) is 11.7 Å². The van der Waals surface area contributed by atoms with Gasteiger partial charge in [-0.25, -0.2) is 22.3 Å². The summed E-state index contributed by atoms with van der Waals surface area (Å²) in [6.45, 7) is 1.92. The number of benzene rings is 1. The lowest BCUT2D eigenvalue weighted by molar-refractivity contribution is -0.118. The van der Waals surface area contributed by atoms with E-state index in [0.29, 0.717) is 57.0 Å². The third-order valence-electron chi connectivity index (χ3n) is 6.29. The molecule has 0 atom stereocenters. The summed E-state index contributed by atoms with van der Waals surface area (Å²) < 4.78 is 48.5. The molecule has 0 spiro atoms. The number of nitrogens with one attached hydrogen (secondary N) is 2. The normalized spacial score (nSPS) is 20.6. The van der Waals surface area contributed by atoms with Crippen LogP contribution < -0.4 is 14.8 Å². The third-order valence-corrected chi connectivity index (χ3v) is 7.82. The molecule has 0 aromatic heterocycles. The monoisotopic (exact) mass is 482 g/mol. The number of likely N-dealkylation sites (tertiary alicyclic amines) is 1. The van der Waals surface area contributed by atoms with E-state index in [2.05, 4.69) is 10.0 Å². The van der Waals surface area contributed by atoms with Crippen LogP contribution >= 0.6 is 0 Å². The molecule has 4 rings (SSSR count). The largest absolute Gasteiger partial charge is 0.490 e. The Morgan fingerprint density at radius 2 is 1.97 bits per heavy atom. The van der Waals surface area contributed by atoms with Crippen LogP contribution in [0.25, 0.3) is 0 Å². The molecule has 2 aliphatic heterocycles. The lowest BCUT2D eigenvalue weighted by Gasteiger charge is -2.49. The first-order valence-corrected chi connectivity index (χ1v) is 13.0. The summed E-state index contributed by atoms with van der Waals surface area (Å²) in [5.41, 5.74) is -0.117. The van der Waals surface area contributed by atoms with Crippen molar-refractivity contribution in [2.45, 2.75) is 37.6 Å². The number of carbonyl (C=O) groups is 2. The quantitative estimate of drug-likeness (QED) is 0.344. The second-order valence-electron chi connectivity index (χ2n) is 9.41. The molecule has 3 aliphatic rings. The van der Waals surface area contributed by atoms with E-state index < -0.39 is 27.4 Å². The van der Waals surface area contributed by atoms with Gasteiger partial charge in [-0.15, -0.1) is 0 Å². The van der Waals surface area contributed by atoms with E-state index in [1.165, 1.54) is 11.0 Å². The molecule has 33 heavy (non-hydrogen) atoms. The van der Waals surface area contributed by atoms with Crippen molar-refractivity contribution < 1.29 is 27.1 Å². The Morgan fingerprint density at radius 1 is 1.21 bits per heavy atom. The lowest BCUT2D eigenvalue weighted by Crippen LogP contribution is -2.66. The average molecular weight is 483 g/mol. The van der Waals surface area contributed by atoms with Gasteiger partial charge in [-0.3, -0.25) is 10.1 Å². The highest BCUT2D eigenvalue weighted by Crippen LogP contribution is 2.36. The Kier molecular flexibility index (Phi) is 6.92. The maximum atomic E-state index is 14.2. The van der Waals surface area contributed by atoms with Crippen molar-refractivity contribution in [1.29, 1.82) is 0 Å². The minimum Gasteiger partial charge on any atom is -0.490 e. The molecule has 1 aromatic carbocycles. The molecule has 3 amide bonds. The van der Waals surface area contributed by atoms with Crippen molar-refractivity contribution in [2.75, 3.05) is 45.6 Å². The van der Waals surface area contributed by atoms with Crippen LogP contribution in [0.15, 0.2) is 18.2 Å². The molecule has 182 valence electrons. The fourth-order valence-corrected chi connectivity index (χ4v) is 5.90. The van der Waals surface area contributed by atoms with Gasteiger partial charge in [-0.1, -0.05) is 12.5 Å².